The molecular weight excluding hydrogens is 316 g/mol. The lowest BCUT2D eigenvalue weighted by atomic mass is 10.0. The van der Waals surface area contributed by atoms with E-state index in [2.05, 4.69) is 0 Å². The third kappa shape index (κ3) is 2.51. The molecule has 0 saturated heterocycles. The van der Waals surface area contributed by atoms with Crippen LogP contribution in [0.15, 0.2) is 24.3 Å². The maximum Gasteiger partial charge on any atom is 0.315 e. The van der Waals surface area contributed by atoms with Gasteiger partial charge in [-0.3, -0.25) is 14.9 Å². The first-order valence-electron chi connectivity index (χ1n) is 5.87. The van der Waals surface area contributed by atoms with E-state index in [1.807, 2.05) is 0 Å². The van der Waals surface area contributed by atoms with Crippen molar-refractivity contribution in [1.29, 1.82) is 0 Å². The average Bonchev–Trinajstić information content (AvgIpc) is 2.46. The molecule has 1 aromatic heterocycles. The van der Waals surface area contributed by atoms with Crippen LogP contribution in [-0.4, -0.2) is 20.9 Å². The summed E-state index contributed by atoms with van der Waals surface area (Å²) in [6, 6.07) is 4.31. The molecule has 0 spiro atoms. The standard InChI is InChI=1S/C13H9ClN2O6/c1-6-2-3-8(13(14)15(6)20)11(18)7-4-9(16(21)22)12(19)10(17)5-7/h2-5,17,19H,1H3. The quantitative estimate of drug-likeness (QED) is 0.169. The largest absolute Gasteiger partial charge is 0.617 e. The van der Waals surface area contributed by atoms with Crippen molar-refractivity contribution < 1.29 is 24.7 Å². The van der Waals surface area contributed by atoms with Crippen LogP contribution >= 0.6 is 11.6 Å². The first-order valence-corrected chi connectivity index (χ1v) is 6.25. The molecule has 0 fully saturated rings. The van der Waals surface area contributed by atoms with Gasteiger partial charge in [-0.05, 0) is 23.7 Å². The first-order chi connectivity index (χ1) is 10.2. The Kier molecular flexibility index (Phi) is 3.87. The normalized spacial score (nSPS) is 10.5. The number of nitro groups is 1. The molecule has 0 aliphatic rings. The molecule has 1 aromatic carbocycles. The van der Waals surface area contributed by atoms with E-state index in [0.29, 0.717) is 4.73 Å². The van der Waals surface area contributed by atoms with Crippen molar-refractivity contribution in [3.05, 3.63) is 61.6 Å². The molecule has 0 saturated carbocycles. The molecule has 22 heavy (non-hydrogen) atoms. The number of nitro benzene ring substituents is 1. The number of carbonyl (C=O) groups excluding carboxylic acids is 1. The van der Waals surface area contributed by atoms with E-state index in [9.17, 15) is 30.3 Å². The van der Waals surface area contributed by atoms with Crippen LogP contribution in [0.1, 0.15) is 21.6 Å². The minimum Gasteiger partial charge on any atom is -0.617 e. The number of phenolic OH excluding ortho intramolecular Hbond substituents is 2. The second-order valence-electron chi connectivity index (χ2n) is 4.42. The predicted octanol–water partition coefficient (Wildman–Crippen LogP) is 1.83. The fraction of sp³-hybridized carbons (Fsp3) is 0.0769. The van der Waals surface area contributed by atoms with Crippen molar-refractivity contribution in [3.63, 3.8) is 0 Å². The van der Waals surface area contributed by atoms with Crippen LogP contribution in [0.5, 0.6) is 11.5 Å². The summed E-state index contributed by atoms with van der Waals surface area (Å²) >= 11 is 5.80. The molecule has 0 unspecified atom stereocenters. The van der Waals surface area contributed by atoms with Gasteiger partial charge in [0, 0.05) is 24.6 Å². The highest BCUT2D eigenvalue weighted by Gasteiger charge is 2.25. The SMILES string of the molecule is Cc1ccc(C(=O)c2cc(O)c(O)c([N+](=O)[O-])c2)c(Cl)[n+]1[O-]. The van der Waals surface area contributed by atoms with Crippen LogP contribution in [0.4, 0.5) is 5.69 Å². The lowest BCUT2D eigenvalue weighted by molar-refractivity contribution is -0.610. The maximum absolute atomic E-state index is 12.3. The van der Waals surface area contributed by atoms with Crippen molar-refractivity contribution in [2.75, 3.05) is 0 Å². The van der Waals surface area contributed by atoms with E-state index in [4.69, 9.17) is 11.6 Å². The van der Waals surface area contributed by atoms with Crippen molar-refractivity contribution in [2.45, 2.75) is 6.92 Å². The smallest absolute Gasteiger partial charge is 0.315 e. The molecule has 0 atom stereocenters. The number of aromatic nitrogens is 1. The zero-order valence-electron chi connectivity index (χ0n) is 11.1. The van der Waals surface area contributed by atoms with E-state index < -0.39 is 27.9 Å². The molecule has 0 radical (unpaired) electrons. The lowest BCUT2D eigenvalue weighted by Crippen LogP contribution is -2.33. The molecule has 8 nitrogen and oxygen atoms in total. The monoisotopic (exact) mass is 324 g/mol. The molecule has 2 rings (SSSR count). The highest BCUT2D eigenvalue weighted by Crippen LogP contribution is 2.36. The molecule has 1 heterocycles. The van der Waals surface area contributed by atoms with E-state index in [0.717, 1.165) is 12.1 Å². The van der Waals surface area contributed by atoms with Crippen LogP contribution in [0, 0.1) is 22.2 Å². The Bertz CT molecular complexity index is 806. The van der Waals surface area contributed by atoms with Crippen LogP contribution in [0.2, 0.25) is 5.15 Å². The maximum atomic E-state index is 12.3. The summed E-state index contributed by atoms with van der Waals surface area (Å²) < 4.78 is 0.337. The molecule has 2 N–H and O–H groups in total. The summed E-state index contributed by atoms with van der Waals surface area (Å²) in [4.78, 5) is 22.2. The summed E-state index contributed by atoms with van der Waals surface area (Å²) in [6.45, 7) is 1.49. The number of rotatable bonds is 3. The van der Waals surface area contributed by atoms with E-state index in [1.54, 1.807) is 0 Å². The van der Waals surface area contributed by atoms with Gasteiger partial charge in [0.15, 0.2) is 11.4 Å². The third-order valence-electron chi connectivity index (χ3n) is 2.99. The van der Waals surface area contributed by atoms with Gasteiger partial charge in [-0.15, -0.1) is 0 Å². The number of benzene rings is 1. The molecule has 0 bridgehead atoms. The average molecular weight is 325 g/mol. The fourth-order valence-corrected chi connectivity index (χ4v) is 2.09. The molecule has 0 aliphatic heterocycles. The number of halogens is 1. The number of aryl methyl sites for hydroxylation is 1. The Labute approximate surface area is 128 Å². The van der Waals surface area contributed by atoms with E-state index in [1.165, 1.54) is 19.1 Å². The summed E-state index contributed by atoms with van der Waals surface area (Å²) in [6.07, 6.45) is 0. The van der Waals surface area contributed by atoms with Crippen LogP contribution in [0.3, 0.4) is 0 Å². The highest BCUT2D eigenvalue weighted by atomic mass is 35.5. The minimum absolute atomic E-state index is 0.179. The molecule has 9 heteroatoms. The van der Waals surface area contributed by atoms with Crippen molar-refractivity contribution in [2.24, 2.45) is 0 Å². The van der Waals surface area contributed by atoms with Crippen LogP contribution in [-0.2, 0) is 0 Å². The number of ketones is 1. The van der Waals surface area contributed by atoms with Gasteiger partial charge in [-0.2, -0.15) is 4.73 Å². The number of pyridine rings is 1. The molecule has 114 valence electrons. The summed E-state index contributed by atoms with van der Waals surface area (Å²) in [5.74, 6) is -2.57. The summed E-state index contributed by atoms with van der Waals surface area (Å²) in [5, 5.41) is 40.9. The minimum atomic E-state index is -0.949. The Hall–Kier alpha value is -2.87. The number of carbonyl (C=O) groups is 1. The van der Waals surface area contributed by atoms with Gasteiger partial charge in [0.25, 0.3) is 5.15 Å². The second kappa shape index (κ2) is 5.49. The molecular formula is C13H9ClN2O6. The predicted molar refractivity (Wildman–Crippen MR) is 75.0 cm³/mol. The van der Waals surface area contributed by atoms with Gasteiger partial charge < -0.3 is 15.4 Å². The Morgan fingerprint density at radius 3 is 2.55 bits per heavy atom. The lowest BCUT2D eigenvalue weighted by Gasteiger charge is -2.07. The van der Waals surface area contributed by atoms with Gasteiger partial charge in [0.1, 0.15) is 5.56 Å². The number of hydrogen-bond donors (Lipinski definition) is 2. The zero-order valence-corrected chi connectivity index (χ0v) is 11.9. The van der Waals surface area contributed by atoms with Crippen LogP contribution in [0.25, 0.3) is 0 Å². The zero-order chi connectivity index (χ0) is 16.6. The highest BCUT2D eigenvalue weighted by molar-refractivity contribution is 6.33. The van der Waals surface area contributed by atoms with Gasteiger partial charge in [-0.1, -0.05) is 0 Å². The number of nitrogens with zero attached hydrogens (tertiary/aromatic N) is 2. The number of hydrogen-bond acceptors (Lipinski definition) is 6. The van der Waals surface area contributed by atoms with Crippen molar-refractivity contribution in [3.8, 4) is 11.5 Å². The Balaban J connectivity index is 2.60. The second-order valence-corrected chi connectivity index (χ2v) is 4.78. The first kappa shape index (κ1) is 15.5. The fourth-order valence-electron chi connectivity index (χ4n) is 1.80. The Morgan fingerprint density at radius 1 is 1.32 bits per heavy atom. The Morgan fingerprint density at radius 2 is 1.95 bits per heavy atom. The number of phenols is 2. The van der Waals surface area contributed by atoms with Crippen molar-refractivity contribution in [1.82, 2.24) is 0 Å². The van der Waals surface area contributed by atoms with Gasteiger partial charge in [-0.25, -0.2) is 0 Å². The summed E-state index contributed by atoms with van der Waals surface area (Å²) in [5.41, 5.74) is -1.03. The molecule has 0 amide bonds. The van der Waals surface area contributed by atoms with E-state index >= 15 is 0 Å². The topological polar surface area (TPSA) is 128 Å². The van der Waals surface area contributed by atoms with Crippen LogP contribution < -0.4 is 4.73 Å². The molecule has 0 aliphatic carbocycles. The molecule has 2 aromatic rings. The van der Waals surface area contributed by atoms with Gasteiger partial charge in [0.2, 0.25) is 11.5 Å². The van der Waals surface area contributed by atoms with E-state index in [-0.39, 0.29) is 22.0 Å². The number of aromatic hydroxyl groups is 2. The third-order valence-corrected chi connectivity index (χ3v) is 3.34. The van der Waals surface area contributed by atoms with Gasteiger partial charge >= 0.3 is 5.69 Å². The van der Waals surface area contributed by atoms with Gasteiger partial charge in [0.05, 0.1) is 4.92 Å². The summed E-state index contributed by atoms with van der Waals surface area (Å²) in [7, 11) is 0. The van der Waals surface area contributed by atoms with Crippen molar-refractivity contribution >= 4 is 23.1 Å².